The molecule has 26 heavy (non-hydrogen) atoms. The van der Waals surface area contributed by atoms with Gasteiger partial charge in [0.2, 0.25) is 5.91 Å². The Bertz CT molecular complexity index is 803. The fourth-order valence-corrected chi connectivity index (χ4v) is 4.87. The van der Waals surface area contributed by atoms with Gasteiger partial charge in [-0.3, -0.25) is 9.59 Å². The Balaban J connectivity index is 1.40. The van der Waals surface area contributed by atoms with E-state index in [4.69, 9.17) is 0 Å². The molecule has 2 amide bonds. The molecule has 1 unspecified atom stereocenters. The van der Waals surface area contributed by atoms with Crippen LogP contribution in [0.5, 0.6) is 0 Å². The van der Waals surface area contributed by atoms with E-state index in [2.05, 4.69) is 15.5 Å². The summed E-state index contributed by atoms with van der Waals surface area (Å²) in [7, 11) is 0. The lowest BCUT2D eigenvalue weighted by Crippen LogP contribution is -2.46. The van der Waals surface area contributed by atoms with Gasteiger partial charge < -0.3 is 15.5 Å². The van der Waals surface area contributed by atoms with E-state index in [0.717, 1.165) is 39.9 Å². The number of nitrogens with one attached hydrogen (secondary N) is 2. The van der Waals surface area contributed by atoms with Crippen LogP contribution < -0.4 is 10.6 Å². The Morgan fingerprint density at radius 3 is 2.65 bits per heavy atom. The molecule has 5 nitrogen and oxygen atoms in total. The zero-order chi connectivity index (χ0) is 18.1. The number of rotatable bonds is 4. The van der Waals surface area contributed by atoms with Gasteiger partial charge in [0.15, 0.2) is 0 Å². The van der Waals surface area contributed by atoms with Crippen molar-refractivity contribution in [1.82, 2.24) is 10.2 Å². The predicted molar refractivity (Wildman–Crippen MR) is 104 cm³/mol. The lowest BCUT2D eigenvalue weighted by atomic mass is 9.97. The van der Waals surface area contributed by atoms with Crippen LogP contribution in [0.25, 0.3) is 10.4 Å². The number of fused-ring (bicyclic) bond motifs is 2. The largest absolute Gasteiger partial charge is 0.347 e. The SMILES string of the molecule is CC(=O)Nc1ccc(-c2ccc(C(=O)N[C@@H]3C[C@H]4CCN(C4)C3)s2)cc1. The second kappa shape index (κ2) is 7.21. The summed E-state index contributed by atoms with van der Waals surface area (Å²) in [5, 5.41) is 5.97. The van der Waals surface area contributed by atoms with Gasteiger partial charge in [0, 0.05) is 36.6 Å². The van der Waals surface area contributed by atoms with Crippen molar-refractivity contribution >= 4 is 28.8 Å². The van der Waals surface area contributed by atoms with Crippen LogP contribution in [0.3, 0.4) is 0 Å². The van der Waals surface area contributed by atoms with Gasteiger partial charge >= 0.3 is 0 Å². The third-order valence-corrected chi connectivity index (χ3v) is 6.25. The standard InChI is InChI=1S/C20H23N3O2S/c1-13(24)21-16-4-2-15(3-5-16)18-6-7-19(26-18)20(25)22-17-10-14-8-9-23(11-14)12-17/h2-7,14,17H,8-12H2,1H3,(H,21,24)(H,22,25)/t14-,17-/m1/s1. The first-order valence-electron chi connectivity index (χ1n) is 9.08. The van der Waals surface area contributed by atoms with E-state index in [1.54, 1.807) is 0 Å². The average Bonchev–Trinajstić information content (AvgIpc) is 3.22. The first-order valence-corrected chi connectivity index (χ1v) is 9.89. The van der Waals surface area contributed by atoms with Crippen LogP contribution in [0.15, 0.2) is 36.4 Å². The molecular weight excluding hydrogens is 346 g/mol. The number of benzene rings is 1. The van der Waals surface area contributed by atoms with Crippen molar-refractivity contribution in [2.24, 2.45) is 5.92 Å². The molecule has 3 heterocycles. The molecule has 2 aromatic rings. The lowest BCUT2D eigenvalue weighted by molar-refractivity contribution is -0.114. The number of carbonyl (C=O) groups is 2. The Morgan fingerprint density at radius 2 is 1.92 bits per heavy atom. The molecule has 2 aliphatic rings. The minimum Gasteiger partial charge on any atom is -0.347 e. The predicted octanol–water partition coefficient (Wildman–Crippen LogP) is 3.20. The van der Waals surface area contributed by atoms with Gasteiger partial charge in [0.05, 0.1) is 4.88 Å². The Morgan fingerprint density at radius 1 is 1.12 bits per heavy atom. The number of hydrogen-bond donors (Lipinski definition) is 2. The second-order valence-electron chi connectivity index (χ2n) is 7.24. The van der Waals surface area contributed by atoms with Crippen molar-refractivity contribution in [3.63, 3.8) is 0 Å². The van der Waals surface area contributed by atoms with E-state index in [1.165, 1.54) is 37.8 Å². The zero-order valence-electron chi connectivity index (χ0n) is 14.8. The molecule has 0 radical (unpaired) electrons. The summed E-state index contributed by atoms with van der Waals surface area (Å²) in [5.74, 6) is 0.694. The number of amides is 2. The van der Waals surface area contributed by atoms with Gasteiger partial charge in [-0.2, -0.15) is 0 Å². The highest BCUT2D eigenvalue weighted by atomic mass is 32.1. The fraction of sp³-hybridized carbons (Fsp3) is 0.400. The van der Waals surface area contributed by atoms with E-state index >= 15 is 0 Å². The van der Waals surface area contributed by atoms with Gasteiger partial charge in [-0.15, -0.1) is 11.3 Å². The monoisotopic (exact) mass is 369 g/mol. The first kappa shape index (κ1) is 17.2. The summed E-state index contributed by atoms with van der Waals surface area (Å²) in [5.41, 5.74) is 1.82. The Labute approximate surface area is 157 Å². The summed E-state index contributed by atoms with van der Waals surface area (Å²) in [6.07, 6.45) is 2.37. The minimum atomic E-state index is -0.0830. The topological polar surface area (TPSA) is 61.4 Å². The summed E-state index contributed by atoms with van der Waals surface area (Å²) >= 11 is 1.51. The van der Waals surface area contributed by atoms with Crippen LogP contribution in [-0.4, -0.2) is 42.4 Å². The molecule has 6 heteroatoms. The molecule has 1 aromatic carbocycles. The van der Waals surface area contributed by atoms with Crippen molar-refractivity contribution in [3.8, 4) is 10.4 Å². The second-order valence-corrected chi connectivity index (χ2v) is 8.33. The molecule has 2 fully saturated rings. The molecule has 2 bridgehead atoms. The van der Waals surface area contributed by atoms with Crippen LogP contribution in [0, 0.1) is 5.92 Å². The summed E-state index contributed by atoms with van der Waals surface area (Å²) in [6, 6.07) is 11.8. The van der Waals surface area contributed by atoms with E-state index < -0.39 is 0 Å². The van der Waals surface area contributed by atoms with Crippen LogP contribution in [0.4, 0.5) is 5.69 Å². The number of piperidine rings is 1. The van der Waals surface area contributed by atoms with E-state index in [9.17, 15) is 9.59 Å². The minimum absolute atomic E-state index is 0.0311. The summed E-state index contributed by atoms with van der Waals surface area (Å²) < 4.78 is 0. The normalized spacial score (nSPS) is 24.3. The number of anilines is 1. The van der Waals surface area contributed by atoms with E-state index in [-0.39, 0.29) is 17.9 Å². The molecule has 2 saturated heterocycles. The molecule has 1 aromatic heterocycles. The van der Waals surface area contributed by atoms with Gasteiger partial charge in [-0.1, -0.05) is 12.1 Å². The van der Waals surface area contributed by atoms with Crippen molar-refractivity contribution in [3.05, 3.63) is 41.3 Å². The fourth-order valence-electron chi connectivity index (χ4n) is 3.96. The van der Waals surface area contributed by atoms with Crippen LogP contribution in [0.2, 0.25) is 0 Å². The van der Waals surface area contributed by atoms with Crippen LogP contribution in [-0.2, 0) is 4.79 Å². The van der Waals surface area contributed by atoms with Crippen molar-refractivity contribution in [2.45, 2.75) is 25.8 Å². The molecule has 2 N–H and O–H groups in total. The number of hydrogen-bond acceptors (Lipinski definition) is 4. The van der Waals surface area contributed by atoms with Gasteiger partial charge in [0.25, 0.3) is 5.91 Å². The van der Waals surface area contributed by atoms with Crippen molar-refractivity contribution < 1.29 is 9.59 Å². The molecular formula is C20H23N3O2S. The highest BCUT2D eigenvalue weighted by molar-refractivity contribution is 7.17. The quantitative estimate of drug-likeness (QED) is 0.870. The molecule has 0 saturated carbocycles. The maximum absolute atomic E-state index is 12.6. The maximum Gasteiger partial charge on any atom is 0.261 e. The Hall–Kier alpha value is -2.18. The third-order valence-electron chi connectivity index (χ3n) is 5.12. The number of thiophene rings is 1. The Kier molecular flexibility index (Phi) is 4.78. The average molecular weight is 369 g/mol. The first-order chi connectivity index (χ1) is 12.6. The third kappa shape index (κ3) is 3.81. The molecule has 4 rings (SSSR count). The van der Waals surface area contributed by atoms with Crippen LogP contribution >= 0.6 is 11.3 Å². The summed E-state index contributed by atoms with van der Waals surface area (Å²) in [4.78, 5) is 28.0. The molecule has 0 spiro atoms. The smallest absolute Gasteiger partial charge is 0.261 e. The van der Waals surface area contributed by atoms with Crippen molar-refractivity contribution in [2.75, 3.05) is 25.0 Å². The van der Waals surface area contributed by atoms with Gasteiger partial charge in [-0.25, -0.2) is 0 Å². The molecule has 3 atom stereocenters. The number of nitrogens with zero attached hydrogens (tertiary/aromatic N) is 1. The highest BCUT2D eigenvalue weighted by Crippen LogP contribution is 2.30. The molecule has 2 aliphatic heterocycles. The number of carbonyl (C=O) groups excluding carboxylic acids is 2. The van der Waals surface area contributed by atoms with Gasteiger partial charge in [0.1, 0.15) is 0 Å². The van der Waals surface area contributed by atoms with Crippen molar-refractivity contribution in [1.29, 1.82) is 0 Å². The molecule has 136 valence electrons. The van der Waals surface area contributed by atoms with Gasteiger partial charge in [-0.05, 0) is 55.1 Å². The van der Waals surface area contributed by atoms with E-state index in [1.807, 2.05) is 36.4 Å². The lowest BCUT2D eigenvalue weighted by Gasteiger charge is -2.30. The van der Waals surface area contributed by atoms with Crippen LogP contribution in [0.1, 0.15) is 29.4 Å². The summed E-state index contributed by atoms with van der Waals surface area (Å²) in [6.45, 7) is 4.84. The maximum atomic E-state index is 12.6. The molecule has 0 aliphatic carbocycles. The highest BCUT2D eigenvalue weighted by Gasteiger charge is 2.33. The zero-order valence-corrected chi connectivity index (χ0v) is 15.6. The van der Waals surface area contributed by atoms with E-state index in [0.29, 0.717) is 0 Å².